The summed E-state index contributed by atoms with van der Waals surface area (Å²) in [6.45, 7) is 1.97. The number of ketones is 1. The number of hydrogen-bond acceptors (Lipinski definition) is 3. The normalized spacial score (nSPS) is 12.4. The molecule has 0 radical (unpaired) electrons. The van der Waals surface area contributed by atoms with Crippen LogP contribution in [0.15, 0.2) is 42.8 Å². The zero-order valence-corrected chi connectivity index (χ0v) is 14.8. The second-order valence-corrected chi connectivity index (χ2v) is 9.16. The number of Topliss-reactive ketones (excluding diaryl/α,β-unsaturated/α-hetero) is 1. The van der Waals surface area contributed by atoms with Crippen molar-refractivity contribution < 1.29 is 9.00 Å². The Bertz CT molecular complexity index is 633. The van der Waals surface area contributed by atoms with Gasteiger partial charge in [0.15, 0.2) is 5.78 Å². The van der Waals surface area contributed by atoms with Gasteiger partial charge in [-0.2, -0.15) is 0 Å². The first-order valence-electron chi connectivity index (χ1n) is 5.40. The van der Waals surface area contributed by atoms with Crippen LogP contribution in [0.1, 0.15) is 15.9 Å². The van der Waals surface area contributed by atoms with E-state index in [-0.39, 0.29) is 11.5 Å². The van der Waals surface area contributed by atoms with Gasteiger partial charge in [-0.3, -0.25) is 9.00 Å². The summed E-state index contributed by atoms with van der Waals surface area (Å²) in [7, 11) is -1.30. The molecule has 0 bridgehead atoms. The van der Waals surface area contributed by atoms with Crippen LogP contribution in [0.4, 0.5) is 0 Å². The molecule has 0 saturated carbocycles. The maximum absolute atomic E-state index is 12.1. The fourth-order valence-corrected chi connectivity index (χ4v) is 5.36. The lowest BCUT2D eigenvalue weighted by atomic mass is 10.2. The van der Waals surface area contributed by atoms with Gasteiger partial charge in [-0.05, 0) is 57.0 Å². The van der Waals surface area contributed by atoms with Crippen LogP contribution in [0.3, 0.4) is 0 Å². The summed E-state index contributed by atoms with van der Waals surface area (Å²) in [6, 6.07) is 9.15. The quantitative estimate of drug-likeness (QED) is 0.677. The van der Waals surface area contributed by atoms with E-state index in [9.17, 15) is 9.00 Å². The molecule has 0 amide bonds. The van der Waals surface area contributed by atoms with Crippen molar-refractivity contribution in [2.45, 2.75) is 11.8 Å². The second kappa shape index (κ2) is 6.43. The van der Waals surface area contributed by atoms with Gasteiger partial charge < -0.3 is 0 Å². The van der Waals surface area contributed by atoms with Crippen LogP contribution in [0.25, 0.3) is 0 Å². The van der Waals surface area contributed by atoms with E-state index in [0.717, 1.165) is 13.1 Å². The molecule has 0 N–H and O–H groups in total. The van der Waals surface area contributed by atoms with E-state index in [1.807, 2.05) is 19.1 Å². The van der Waals surface area contributed by atoms with Gasteiger partial charge >= 0.3 is 0 Å². The molecule has 0 aliphatic rings. The maximum atomic E-state index is 12.1. The number of aryl methyl sites for hydroxylation is 1. The molecular weight excluding hydrogens is 412 g/mol. The van der Waals surface area contributed by atoms with Gasteiger partial charge in [-0.25, -0.2) is 0 Å². The van der Waals surface area contributed by atoms with Crippen LogP contribution in [0, 0.1) is 6.92 Å². The Balaban J connectivity index is 2.13. The topological polar surface area (TPSA) is 34.1 Å². The smallest absolute Gasteiger partial charge is 0.177 e. The lowest BCUT2D eigenvalue weighted by Crippen LogP contribution is -2.10. The Morgan fingerprint density at radius 1 is 1.26 bits per heavy atom. The van der Waals surface area contributed by atoms with Crippen molar-refractivity contribution >= 4 is 59.8 Å². The van der Waals surface area contributed by atoms with Crippen molar-refractivity contribution in [2.75, 3.05) is 5.75 Å². The highest BCUT2D eigenvalue weighted by Gasteiger charge is 2.17. The average molecular weight is 422 g/mol. The zero-order valence-electron chi connectivity index (χ0n) is 9.98. The van der Waals surface area contributed by atoms with Crippen LogP contribution in [-0.4, -0.2) is 15.7 Å². The van der Waals surface area contributed by atoms with Gasteiger partial charge in [0.1, 0.15) is 0 Å². The average Bonchev–Trinajstić information content (AvgIpc) is 2.69. The summed E-state index contributed by atoms with van der Waals surface area (Å²) in [4.78, 5) is 12.8. The van der Waals surface area contributed by atoms with E-state index in [4.69, 9.17) is 0 Å². The highest BCUT2D eigenvalue weighted by atomic mass is 79.9. The summed E-state index contributed by atoms with van der Waals surface area (Å²) in [5.74, 6) is -0.113. The van der Waals surface area contributed by atoms with Crippen molar-refractivity contribution in [3.63, 3.8) is 0 Å². The van der Waals surface area contributed by atoms with Crippen LogP contribution in [-0.2, 0) is 10.8 Å². The molecular formula is C13H10Br2O2S2. The van der Waals surface area contributed by atoms with E-state index >= 15 is 0 Å². The molecule has 1 unspecified atom stereocenters. The van der Waals surface area contributed by atoms with E-state index in [0.29, 0.717) is 10.5 Å². The molecule has 100 valence electrons. The molecule has 0 saturated heterocycles. The molecule has 1 aromatic carbocycles. The second-order valence-electron chi connectivity index (χ2n) is 3.96. The van der Waals surface area contributed by atoms with E-state index in [2.05, 4.69) is 31.9 Å². The standard InChI is InChI=1S/C13H10Br2O2S2/c1-8-2-4-9(5-3-8)19(17)7-11(16)10-6-12(14)18-13(10)15/h2-6H,7H2,1H3. The van der Waals surface area contributed by atoms with E-state index in [1.54, 1.807) is 18.2 Å². The summed E-state index contributed by atoms with van der Waals surface area (Å²) in [6.07, 6.45) is 0. The van der Waals surface area contributed by atoms with Crippen molar-refractivity contribution in [1.29, 1.82) is 0 Å². The number of thiophene rings is 1. The monoisotopic (exact) mass is 420 g/mol. The van der Waals surface area contributed by atoms with Gasteiger partial charge in [0.2, 0.25) is 0 Å². The number of rotatable bonds is 4. The first-order valence-corrected chi connectivity index (χ1v) is 9.12. The highest BCUT2D eigenvalue weighted by molar-refractivity contribution is 9.12. The Kier molecular flexibility index (Phi) is 5.11. The third-order valence-electron chi connectivity index (χ3n) is 2.50. The SMILES string of the molecule is Cc1ccc(S(=O)CC(=O)c2cc(Br)sc2Br)cc1. The number of halogens is 2. The van der Waals surface area contributed by atoms with Gasteiger partial charge in [0.05, 0.1) is 24.1 Å². The lowest BCUT2D eigenvalue weighted by Gasteiger charge is -2.02. The van der Waals surface area contributed by atoms with Gasteiger partial charge in [0, 0.05) is 10.5 Å². The molecule has 1 aromatic heterocycles. The molecule has 19 heavy (non-hydrogen) atoms. The molecule has 1 atom stereocenters. The third kappa shape index (κ3) is 3.84. The van der Waals surface area contributed by atoms with Crippen LogP contribution in [0.5, 0.6) is 0 Å². The Labute approximate surface area is 134 Å². The molecule has 0 spiro atoms. The van der Waals surface area contributed by atoms with Gasteiger partial charge in [0.25, 0.3) is 0 Å². The summed E-state index contributed by atoms with van der Waals surface area (Å²) in [5.41, 5.74) is 1.69. The van der Waals surface area contributed by atoms with E-state index in [1.165, 1.54) is 11.3 Å². The van der Waals surface area contributed by atoms with E-state index < -0.39 is 10.8 Å². The fourth-order valence-electron chi connectivity index (χ4n) is 1.50. The Morgan fingerprint density at radius 3 is 2.42 bits per heavy atom. The number of carbonyl (C=O) groups excluding carboxylic acids is 1. The number of carbonyl (C=O) groups is 1. The van der Waals surface area contributed by atoms with Crippen LogP contribution in [0.2, 0.25) is 0 Å². The minimum Gasteiger partial charge on any atom is -0.293 e. The van der Waals surface area contributed by atoms with Crippen molar-refractivity contribution in [3.8, 4) is 0 Å². The lowest BCUT2D eigenvalue weighted by molar-refractivity contribution is 0.102. The number of hydrogen-bond donors (Lipinski definition) is 0. The van der Waals surface area contributed by atoms with Crippen LogP contribution >= 0.6 is 43.2 Å². The third-order valence-corrected chi connectivity index (χ3v) is 6.16. The molecule has 2 aromatic rings. The molecule has 0 fully saturated rings. The maximum Gasteiger partial charge on any atom is 0.177 e. The summed E-state index contributed by atoms with van der Waals surface area (Å²) >= 11 is 8.11. The predicted molar refractivity (Wildman–Crippen MR) is 86.5 cm³/mol. The summed E-state index contributed by atoms with van der Waals surface area (Å²) < 4.78 is 13.8. The minimum absolute atomic E-state index is 0.00480. The fraction of sp³-hybridized carbons (Fsp3) is 0.154. The van der Waals surface area contributed by atoms with Gasteiger partial charge in [-0.1, -0.05) is 17.7 Å². The Morgan fingerprint density at radius 2 is 1.89 bits per heavy atom. The molecule has 6 heteroatoms. The highest BCUT2D eigenvalue weighted by Crippen LogP contribution is 2.32. The molecule has 0 aliphatic heterocycles. The molecule has 2 nitrogen and oxygen atoms in total. The first kappa shape index (κ1) is 15.1. The van der Waals surface area contributed by atoms with Crippen LogP contribution < -0.4 is 0 Å². The first-order chi connectivity index (χ1) is 8.97. The van der Waals surface area contributed by atoms with Crippen molar-refractivity contribution in [2.24, 2.45) is 0 Å². The summed E-state index contributed by atoms with van der Waals surface area (Å²) in [5, 5.41) is 0. The molecule has 1 heterocycles. The van der Waals surface area contributed by atoms with Crippen molar-refractivity contribution in [3.05, 3.63) is 49.0 Å². The van der Waals surface area contributed by atoms with Crippen molar-refractivity contribution in [1.82, 2.24) is 0 Å². The predicted octanol–water partition coefficient (Wildman–Crippen LogP) is 4.57. The largest absolute Gasteiger partial charge is 0.293 e. The van der Waals surface area contributed by atoms with Gasteiger partial charge in [-0.15, -0.1) is 11.3 Å². The molecule has 2 rings (SSSR count). The number of benzene rings is 1. The Hall–Kier alpha value is -0.300. The minimum atomic E-state index is -1.30. The molecule has 0 aliphatic carbocycles. The zero-order chi connectivity index (χ0) is 14.0.